The van der Waals surface area contributed by atoms with Crippen LogP contribution in [0.1, 0.15) is 33.1 Å². The molecule has 0 aliphatic carbocycles. The van der Waals surface area contributed by atoms with Gasteiger partial charge in [0.15, 0.2) is 0 Å². The molecule has 2 aromatic heterocycles. The molecule has 3 N–H and O–H groups in total. The molecular formula is C19H28N6. The zero-order valence-corrected chi connectivity index (χ0v) is 15.1. The monoisotopic (exact) mass is 340 g/mol. The molecule has 3 rings (SSSR count). The highest BCUT2D eigenvalue weighted by Gasteiger charge is 2.13. The Kier molecular flexibility index (Phi) is 6.17. The van der Waals surface area contributed by atoms with Crippen LogP contribution in [0.3, 0.4) is 0 Å². The summed E-state index contributed by atoms with van der Waals surface area (Å²) >= 11 is 0. The minimum Gasteiger partial charge on any atom is -0.370 e. The van der Waals surface area contributed by atoms with Crippen molar-refractivity contribution in [3.05, 3.63) is 30.6 Å². The first-order valence-electron chi connectivity index (χ1n) is 9.21. The average molecular weight is 340 g/mol. The predicted octanol–water partition coefficient (Wildman–Crippen LogP) is 3.16. The molecule has 0 unspecified atom stereocenters. The van der Waals surface area contributed by atoms with Crippen LogP contribution in [-0.4, -0.2) is 40.6 Å². The molecule has 3 heterocycles. The van der Waals surface area contributed by atoms with Crippen molar-refractivity contribution in [1.82, 2.24) is 20.3 Å². The van der Waals surface area contributed by atoms with Crippen LogP contribution in [0, 0.1) is 5.92 Å². The first-order chi connectivity index (χ1) is 12.2. The van der Waals surface area contributed by atoms with Gasteiger partial charge in [0.2, 0.25) is 5.95 Å². The fraction of sp³-hybridized carbons (Fsp3) is 0.526. The smallest absolute Gasteiger partial charge is 0.225 e. The van der Waals surface area contributed by atoms with E-state index in [1.807, 2.05) is 24.4 Å². The summed E-state index contributed by atoms with van der Waals surface area (Å²) in [5.41, 5.74) is 1.88. The van der Waals surface area contributed by atoms with E-state index in [1.165, 1.54) is 19.3 Å². The average Bonchev–Trinajstić information content (AvgIpc) is 2.63. The van der Waals surface area contributed by atoms with Gasteiger partial charge in [-0.1, -0.05) is 0 Å². The summed E-state index contributed by atoms with van der Waals surface area (Å²) < 4.78 is 0. The lowest BCUT2D eigenvalue weighted by Crippen LogP contribution is -2.28. The molecule has 134 valence electrons. The van der Waals surface area contributed by atoms with Crippen molar-refractivity contribution in [2.75, 3.05) is 30.3 Å². The number of rotatable bonds is 7. The third-order valence-corrected chi connectivity index (χ3v) is 4.42. The molecule has 0 atom stereocenters. The first kappa shape index (κ1) is 17.6. The highest BCUT2D eigenvalue weighted by molar-refractivity contribution is 5.63. The van der Waals surface area contributed by atoms with E-state index in [0.717, 1.165) is 42.6 Å². The van der Waals surface area contributed by atoms with E-state index in [0.29, 0.717) is 5.95 Å². The van der Waals surface area contributed by atoms with E-state index in [9.17, 15) is 0 Å². The Bertz CT molecular complexity index is 652. The maximum absolute atomic E-state index is 4.63. The van der Waals surface area contributed by atoms with Crippen LogP contribution in [0.5, 0.6) is 0 Å². The Morgan fingerprint density at radius 2 is 2.08 bits per heavy atom. The molecular weight excluding hydrogens is 312 g/mol. The van der Waals surface area contributed by atoms with Crippen molar-refractivity contribution < 1.29 is 0 Å². The van der Waals surface area contributed by atoms with Gasteiger partial charge in [-0.15, -0.1) is 0 Å². The molecule has 0 radical (unpaired) electrons. The molecule has 1 aliphatic heterocycles. The highest BCUT2D eigenvalue weighted by atomic mass is 15.1. The third-order valence-electron chi connectivity index (χ3n) is 4.42. The van der Waals surface area contributed by atoms with Crippen LogP contribution in [0.15, 0.2) is 30.6 Å². The topological polar surface area (TPSA) is 74.8 Å². The summed E-state index contributed by atoms with van der Waals surface area (Å²) in [7, 11) is 0. The number of piperidine rings is 1. The van der Waals surface area contributed by atoms with Crippen LogP contribution >= 0.6 is 0 Å². The fourth-order valence-electron chi connectivity index (χ4n) is 3.10. The van der Waals surface area contributed by atoms with Gasteiger partial charge in [-0.05, 0) is 64.3 Å². The quantitative estimate of drug-likeness (QED) is 0.719. The zero-order valence-electron chi connectivity index (χ0n) is 15.1. The summed E-state index contributed by atoms with van der Waals surface area (Å²) in [4.78, 5) is 13.4. The minimum absolute atomic E-state index is 0.284. The molecule has 25 heavy (non-hydrogen) atoms. The van der Waals surface area contributed by atoms with Crippen molar-refractivity contribution >= 4 is 11.8 Å². The van der Waals surface area contributed by atoms with Crippen molar-refractivity contribution in [3.8, 4) is 11.3 Å². The van der Waals surface area contributed by atoms with E-state index in [1.54, 1.807) is 6.20 Å². The SMILES string of the molecule is CC(C)Nc1nc(NCCC2CCNCC2)cc(-c2cccnc2)n1. The summed E-state index contributed by atoms with van der Waals surface area (Å²) in [5.74, 6) is 2.33. The van der Waals surface area contributed by atoms with Crippen LogP contribution in [0.2, 0.25) is 0 Å². The summed E-state index contributed by atoms with van der Waals surface area (Å²) in [6.45, 7) is 7.40. The number of nitrogens with one attached hydrogen (secondary N) is 3. The number of anilines is 2. The number of pyridine rings is 1. The van der Waals surface area contributed by atoms with Crippen molar-refractivity contribution in [2.45, 2.75) is 39.2 Å². The lowest BCUT2D eigenvalue weighted by Gasteiger charge is -2.22. The number of aromatic nitrogens is 3. The Labute approximate surface area is 149 Å². The van der Waals surface area contributed by atoms with Gasteiger partial charge in [0.25, 0.3) is 0 Å². The Balaban J connectivity index is 1.70. The van der Waals surface area contributed by atoms with Gasteiger partial charge in [0.1, 0.15) is 5.82 Å². The van der Waals surface area contributed by atoms with E-state index >= 15 is 0 Å². The normalized spacial score (nSPS) is 15.3. The molecule has 6 nitrogen and oxygen atoms in total. The highest BCUT2D eigenvalue weighted by Crippen LogP contribution is 2.22. The molecule has 0 spiro atoms. The minimum atomic E-state index is 0.284. The van der Waals surface area contributed by atoms with E-state index in [-0.39, 0.29) is 6.04 Å². The molecule has 0 amide bonds. The second kappa shape index (κ2) is 8.76. The number of hydrogen-bond acceptors (Lipinski definition) is 6. The van der Waals surface area contributed by atoms with Crippen molar-refractivity contribution in [3.63, 3.8) is 0 Å². The zero-order chi connectivity index (χ0) is 17.5. The van der Waals surface area contributed by atoms with Gasteiger partial charge < -0.3 is 16.0 Å². The number of hydrogen-bond donors (Lipinski definition) is 3. The van der Waals surface area contributed by atoms with Crippen LogP contribution in [0.25, 0.3) is 11.3 Å². The Hall–Kier alpha value is -2.21. The molecule has 1 fully saturated rings. The van der Waals surface area contributed by atoms with E-state index in [2.05, 4.69) is 44.7 Å². The van der Waals surface area contributed by atoms with Crippen LogP contribution in [0.4, 0.5) is 11.8 Å². The van der Waals surface area contributed by atoms with Crippen LogP contribution in [-0.2, 0) is 0 Å². The van der Waals surface area contributed by atoms with Gasteiger partial charge in [-0.2, -0.15) is 4.98 Å². The molecule has 1 saturated heterocycles. The Morgan fingerprint density at radius 3 is 2.80 bits per heavy atom. The van der Waals surface area contributed by atoms with Crippen molar-refractivity contribution in [1.29, 1.82) is 0 Å². The van der Waals surface area contributed by atoms with Gasteiger partial charge in [0.05, 0.1) is 5.69 Å². The van der Waals surface area contributed by atoms with E-state index in [4.69, 9.17) is 0 Å². The first-order valence-corrected chi connectivity index (χ1v) is 9.21. The molecule has 1 aliphatic rings. The third kappa shape index (κ3) is 5.39. The second-order valence-corrected chi connectivity index (χ2v) is 6.91. The lowest BCUT2D eigenvalue weighted by atomic mass is 9.95. The van der Waals surface area contributed by atoms with Gasteiger partial charge >= 0.3 is 0 Å². The standard InChI is InChI=1S/C19H28N6/c1-14(2)23-19-24-17(16-4-3-8-21-13-16)12-18(25-19)22-11-7-15-5-9-20-10-6-15/h3-4,8,12-15,20H,5-7,9-11H2,1-2H3,(H2,22,23,24,25). The largest absolute Gasteiger partial charge is 0.370 e. The molecule has 0 saturated carbocycles. The van der Waals surface area contributed by atoms with E-state index < -0.39 is 0 Å². The molecule has 0 aromatic carbocycles. The molecule has 0 bridgehead atoms. The van der Waals surface area contributed by atoms with Gasteiger partial charge in [-0.3, -0.25) is 4.98 Å². The predicted molar refractivity (Wildman–Crippen MR) is 103 cm³/mol. The maximum atomic E-state index is 4.63. The number of nitrogens with zero attached hydrogens (tertiary/aromatic N) is 3. The summed E-state index contributed by atoms with van der Waals surface area (Å²) in [6.07, 6.45) is 7.33. The molecule has 2 aromatic rings. The maximum Gasteiger partial charge on any atom is 0.225 e. The van der Waals surface area contributed by atoms with Crippen molar-refractivity contribution in [2.24, 2.45) is 5.92 Å². The van der Waals surface area contributed by atoms with Crippen LogP contribution < -0.4 is 16.0 Å². The lowest BCUT2D eigenvalue weighted by molar-refractivity contribution is 0.361. The summed E-state index contributed by atoms with van der Waals surface area (Å²) in [6, 6.07) is 6.24. The Morgan fingerprint density at radius 1 is 1.24 bits per heavy atom. The van der Waals surface area contributed by atoms with Gasteiger partial charge in [0, 0.05) is 36.6 Å². The molecule has 6 heteroatoms. The van der Waals surface area contributed by atoms with Gasteiger partial charge in [-0.25, -0.2) is 4.98 Å². The summed E-state index contributed by atoms with van der Waals surface area (Å²) in [5, 5.41) is 10.2. The second-order valence-electron chi connectivity index (χ2n) is 6.91. The fourth-order valence-corrected chi connectivity index (χ4v) is 3.10.